The van der Waals surface area contributed by atoms with E-state index < -0.39 is 0 Å². The molecule has 136 valence electrons. The van der Waals surface area contributed by atoms with Crippen LogP contribution >= 0.6 is 11.8 Å². The second kappa shape index (κ2) is 10.3. The number of ether oxygens (including phenoxy) is 2. The minimum Gasteiger partial charge on any atom is -0.493 e. The molecule has 2 aromatic carbocycles. The molecule has 0 unspecified atom stereocenters. The summed E-state index contributed by atoms with van der Waals surface area (Å²) in [5, 5.41) is 0. The summed E-state index contributed by atoms with van der Waals surface area (Å²) in [7, 11) is 3.34. The van der Waals surface area contributed by atoms with Crippen LogP contribution in [-0.2, 0) is 13.0 Å². The summed E-state index contributed by atoms with van der Waals surface area (Å²) >= 11 is 1.73. The fourth-order valence-corrected chi connectivity index (χ4v) is 3.45. The van der Waals surface area contributed by atoms with Crippen LogP contribution in [0.3, 0.4) is 0 Å². The third kappa shape index (κ3) is 5.66. The SMILES string of the molecule is COc1cc(CN(CCN)CCc2ccccc2)c(SC)cc1OC. The predicted octanol–water partition coefficient (Wildman–Crippen LogP) is 3.43. The van der Waals surface area contributed by atoms with Gasteiger partial charge in [-0.05, 0) is 35.9 Å². The van der Waals surface area contributed by atoms with Gasteiger partial charge in [0.1, 0.15) is 0 Å². The molecule has 0 aromatic heterocycles. The molecule has 2 N–H and O–H groups in total. The minimum atomic E-state index is 0.649. The van der Waals surface area contributed by atoms with Gasteiger partial charge in [-0.3, -0.25) is 4.90 Å². The van der Waals surface area contributed by atoms with Gasteiger partial charge in [0.2, 0.25) is 0 Å². The Morgan fingerprint density at radius 3 is 2.28 bits per heavy atom. The molecule has 0 aliphatic carbocycles. The molecule has 2 aromatic rings. The van der Waals surface area contributed by atoms with Crippen molar-refractivity contribution in [3.8, 4) is 11.5 Å². The average Bonchev–Trinajstić information content (AvgIpc) is 2.66. The first-order valence-corrected chi connectivity index (χ1v) is 9.69. The quantitative estimate of drug-likeness (QED) is 0.658. The van der Waals surface area contributed by atoms with E-state index in [9.17, 15) is 0 Å². The van der Waals surface area contributed by atoms with E-state index >= 15 is 0 Å². The van der Waals surface area contributed by atoms with Gasteiger partial charge in [0.25, 0.3) is 0 Å². The van der Waals surface area contributed by atoms with Gasteiger partial charge >= 0.3 is 0 Å². The Morgan fingerprint density at radius 1 is 1.00 bits per heavy atom. The molecule has 0 spiro atoms. The van der Waals surface area contributed by atoms with Gasteiger partial charge in [-0.1, -0.05) is 30.3 Å². The first-order valence-electron chi connectivity index (χ1n) is 8.47. The summed E-state index contributed by atoms with van der Waals surface area (Å²) in [6.45, 7) is 3.34. The summed E-state index contributed by atoms with van der Waals surface area (Å²) in [5.41, 5.74) is 8.42. The van der Waals surface area contributed by atoms with Gasteiger partial charge in [0.05, 0.1) is 14.2 Å². The van der Waals surface area contributed by atoms with Crippen LogP contribution in [0.4, 0.5) is 0 Å². The molecule has 0 amide bonds. The maximum absolute atomic E-state index is 5.83. The standard InChI is InChI=1S/C20H28N2O2S/c1-23-18-13-17(20(25-3)14-19(18)24-2)15-22(12-10-21)11-9-16-7-5-4-6-8-16/h4-8,13-14H,9-12,15,21H2,1-3H3. The summed E-state index contributed by atoms with van der Waals surface area (Å²) in [6, 6.07) is 14.7. The van der Waals surface area contributed by atoms with Crippen LogP contribution < -0.4 is 15.2 Å². The zero-order valence-electron chi connectivity index (χ0n) is 15.3. The van der Waals surface area contributed by atoms with Gasteiger partial charge in [-0.25, -0.2) is 0 Å². The van der Waals surface area contributed by atoms with Crippen molar-refractivity contribution in [2.24, 2.45) is 5.73 Å². The van der Waals surface area contributed by atoms with Crippen molar-refractivity contribution < 1.29 is 9.47 Å². The van der Waals surface area contributed by atoms with E-state index in [1.165, 1.54) is 16.0 Å². The zero-order valence-corrected chi connectivity index (χ0v) is 16.1. The second-order valence-electron chi connectivity index (χ2n) is 5.82. The fraction of sp³-hybridized carbons (Fsp3) is 0.400. The van der Waals surface area contributed by atoms with Gasteiger partial charge < -0.3 is 15.2 Å². The molecule has 0 atom stereocenters. The predicted molar refractivity (Wildman–Crippen MR) is 106 cm³/mol. The van der Waals surface area contributed by atoms with Crippen molar-refractivity contribution in [1.29, 1.82) is 0 Å². The lowest BCUT2D eigenvalue weighted by atomic mass is 10.1. The van der Waals surface area contributed by atoms with Crippen LogP contribution in [0.15, 0.2) is 47.4 Å². The Morgan fingerprint density at radius 2 is 1.68 bits per heavy atom. The molecule has 4 nitrogen and oxygen atoms in total. The minimum absolute atomic E-state index is 0.649. The van der Waals surface area contributed by atoms with E-state index in [1.807, 2.05) is 0 Å². The van der Waals surface area contributed by atoms with Crippen molar-refractivity contribution in [2.45, 2.75) is 17.9 Å². The van der Waals surface area contributed by atoms with Crippen LogP contribution in [0.1, 0.15) is 11.1 Å². The van der Waals surface area contributed by atoms with E-state index in [2.05, 4.69) is 53.6 Å². The first kappa shape index (κ1) is 19.6. The normalized spacial score (nSPS) is 10.9. The van der Waals surface area contributed by atoms with Gasteiger partial charge in [-0.15, -0.1) is 11.8 Å². The van der Waals surface area contributed by atoms with Crippen molar-refractivity contribution in [2.75, 3.05) is 40.1 Å². The molecular formula is C20H28N2O2S. The number of methoxy groups -OCH3 is 2. The number of hydrogen-bond donors (Lipinski definition) is 1. The van der Waals surface area contributed by atoms with Crippen molar-refractivity contribution in [1.82, 2.24) is 4.90 Å². The van der Waals surface area contributed by atoms with Crippen molar-refractivity contribution in [3.05, 3.63) is 53.6 Å². The molecule has 2 rings (SSSR count). The van der Waals surface area contributed by atoms with Crippen LogP contribution in [0, 0.1) is 0 Å². The Bertz CT molecular complexity index is 650. The number of hydrogen-bond acceptors (Lipinski definition) is 5. The number of thioether (sulfide) groups is 1. The number of benzene rings is 2. The van der Waals surface area contributed by atoms with Gasteiger partial charge in [-0.2, -0.15) is 0 Å². The Kier molecular flexibility index (Phi) is 8.12. The fourth-order valence-electron chi connectivity index (χ4n) is 2.84. The largest absolute Gasteiger partial charge is 0.493 e. The summed E-state index contributed by atoms with van der Waals surface area (Å²) in [6.07, 6.45) is 3.10. The monoisotopic (exact) mass is 360 g/mol. The molecule has 0 aliphatic heterocycles. The number of nitrogens with two attached hydrogens (primary N) is 1. The highest BCUT2D eigenvalue weighted by Gasteiger charge is 2.14. The molecular weight excluding hydrogens is 332 g/mol. The van der Waals surface area contributed by atoms with E-state index in [0.29, 0.717) is 6.54 Å². The van der Waals surface area contributed by atoms with Gasteiger partial charge in [0, 0.05) is 31.1 Å². The molecule has 0 fully saturated rings. The smallest absolute Gasteiger partial charge is 0.161 e. The van der Waals surface area contributed by atoms with Crippen LogP contribution in [0.2, 0.25) is 0 Å². The molecule has 25 heavy (non-hydrogen) atoms. The number of nitrogens with zero attached hydrogens (tertiary/aromatic N) is 1. The summed E-state index contributed by atoms with van der Waals surface area (Å²) in [5.74, 6) is 1.54. The Hall–Kier alpha value is -1.69. The van der Waals surface area contributed by atoms with Crippen LogP contribution in [0.5, 0.6) is 11.5 Å². The molecule has 0 saturated carbocycles. The molecule has 0 aliphatic rings. The lowest BCUT2D eigenvalue weighted by Gasteiger charge is -2.23. The third-order valence-corrected chi connectivity index (χ3v) is 5.01. The van der Waals surface area contributed by atoms with Gasteiger partial charge in [0.15, 0.2) is 11.5 Å². The maximum Gasteiger partial charge on any atom is 0.161 e. The third-order valence-electron chi connectivity index (χ3n) is 4.19. The van der Waals surface area contributed by atoms with E-state index in [-0.39, 0.29) is 0 Å². The molecule has 0 saturated heterocycles. The lowest BCUT2D eigenvalue weighted by molar-refractivity contribution is 0.273. The zero-order chi connectivity index (χ0) is 18.1. The number of rotatable bonds is 10. The molecule has 0 heterocycles. The lowest BCUT2D eigenvalue weighted by Crippen LogP contribution is -2.31. The second-order valence-corrected chi connectivity index (χ2v) is 6.67. The first-order chi connectivity index (χ1) is 12.2. The summed E-state index contributed by atoms with van der Waals surface area (Å²) < 4.78 is 10.9. The van der Waals surface area contributed by atoms with Crippen molar-refractivity contribution >= 4 is 11.8 Å². The molecule has 0 bridgehead atoms. The highest BCUT2D eigenvalue weighted by molar-refractivity contribution is 7.98. The molecule has 5 heteroatoms. The summed E-state index contributed by atoms with van der Waals surface area (Å²) in [4.78, 5) is 3.60. The highest BCUT2D eigenvalue weighted by atomic mass is 32.2. The van der Waals surface area contributed by atoms with Crippen molar-refractivity contribution in [3.63, 3.8) is 0 Å². The topological polar surface area (TPSA) is 47.7 Å². The van der Waals surface area contributed by atoms with E-state index in [1.54, 1.807) is 26.0 Å². The van der Waals surface area contributed by atoms with E-state index in [0.717, 1.165) is 37.6 Å². The average molecular weight is 361 g/mol. The molecule has 0 radical (unpaired) electrons. The highest BCUT2D eigenvalue weighted by Crippen LogP contribution is 2.35. The Labute approximate surface area is 155 Å². The van der Waals surface area contributed by atoms with E-state index in [4.69, 9.17) is 15.2 Å². The van der Waals surface area contributed by atoms with Crippen LogP contribution in [-0.4, -0.2) is 45.0 Å². The Balaban J connectivity index is 2.14. The maximum atomic E-state index is 5.83. The van der Waals surface area contributed by atoms with Crippen LogP contribution in [0.25, 0.3) is 0 Å².